The topological polar surface area (TPSA) is 54.5 Å². The molecule has 5 heteroatoms. The summed E-state index contributed by atoms with van der Waals surface area (Å²) in [6.07, 6.45) is 16.5. The number of hydrogen-bond acceptors (Lipinski definition) is 3. The molecule has 0 N–H and O–H groups in total. The number of hydrogen-bond donors (Lipinski definition) is 0. The zero-order valence-electron chi connectivity index (χ0n) is 17.3. The highest BCUT2D eigenvalue weighted by molar-refractivity contribution is 7.89. The monoisotopic (exact) mass is 406 g/mol. The third kappa shape index (κ3) is 7.00. The number of rotatable bonds is 14. The second-order valence-corrected chi connectivity index (χ2v) is 9.98. The Hall–Kier alpha value is -1.20. The Labute approximate surface area is 171 Å². The van der Waals surface area contributed by atoms with Crippen LogP contribution in [0.25, 0.3) is 0 Å². The van der Waals surface area contributed by atoms with E-state index in [4.69, 9.17) is 0 Å². The molecule has 0 saturated carbocycles. The summed E-state index contributed by atoms with van der Waals surface area (Å²) in [4.78, 5) is 11.6. The van der Waals surface area contributed by atoms with Gasteiger partial charge in [0.05, 0.1) is 10.9 Å². The van der Waals surface area contributed by atoms with Gasteiger partial charge in [-0.25, -0.2) is 8.42 Å². The van der Waals surface area contributed by atoms with Crippen molar-refractivity contribution in [2.24, 2.45) is 5.92 Å². The summed E-state index contributed by atoms with van der Waals surface area (Å²) < 4.78 is 27.0. The summed E-state index contributed by atoms with van der Waals surface area (Å²) in [6.45, 7) is 2.69. The highest BCUT2D eigenvalue weighted by Crippen LogP contribution is 2.31. The molecule has 2 atom stereocenters. The van der Waals surface area contributed by atoms with Crippen LogP contribution < -0.4 is 0 Å². The first-order valence-electron chi connectivity index (χ1n) is 11.0. The highest BCUT2D eigenvalue weighted by Gasteiger charge is 2.40. The van der Waals surface area contributed by atoms with E-state index in [0.29, 0.717) is 13.0 Å². The molecule has 2 rings (SSSR count). The maximum absolute atomic E-state index is 12.8. The van der Waals surface area contributed by atoms with Gasteiger partial charge < -0.3 is 0 Å². The van der Waals surface area contributed by atoms with E-state index in [2.05, 4.69) is 6.92 Å². The minimum Gasteiger partial charge on any atom is -0.289 e. The van der Waals surface area contributed by atoms with Gasteiger partial charge in [-0.3, -0.25) is 4.79 Å². The molecule has 1 radical (unpaired) electrons. The van der Waals surface area contributed by atoms with E-state index in [1.165, 1.54) is 62.1 Å². The minimum absolute atomic E-state index is 0.259. The van der Waals surface area contributed by atoms with Crippen LogP contribution in [0.4, 0.5) is 0 Å². The number of unbranched alkanes of at least 4 members (excludes halogenated alkanes) is 9. The summed E-state index contributed by atoms with van der Waals surface area (Å²) in [5.74, 6) is 0.263. The Morgan fingerprint density at radius 3 is 2.07 bits per heavy atom. The molecule has 157 valence electrons. The van der Waals surface area contributed by atoms with E-state index >= 15 is 0 Å². The first-order valence-corrected chi connectivity index (χ1v) is 12.5. The van der Waals surface area contributed by atoms with Crippen molar-refractivity contribution in [2.45, 2.75) is 94.9 Å². The fraction of sp³-hybridized carbons (Fsp3) is 0.696. The van der Waals surface area contributed by atoms with Crippen LogP contribution >= 0.6 is 0 Å². The smallest absolute Gasteiger partial charge is 0.243 e. The van der Waals surface area contributed by atoms with Crippen LogP contribution in [0.1, 0.15) is 84.0 Å². The van der Waals surface area contributed by atoms with Gasteiger partial charge in [-0.1, -0.05) is 89.3 Å². The van der Waals surface area contributed by atoms with Crippen molar-refractivity contribution in [1.82, 2.24) is 4.31 Å². The van der Waals surface area contributed by atoms with Gasteiger partial charge in [-0.15, -0.1) is 0 Å². The fourth-order valence-electron chi connectivity index (χ4n) is 4.12. The summed E-state index contributed by atoms with van der Waals surface area (Å²) in [5, 5.41) is 0. The van der Waals surface area contributed by atoms with Crippen molar-refractivity contribution in [3.63, 3.8) is 0 Å². The number of sulfonamides is 1. The standard InChI is InChI=1S/C23H36NO3S/c1-2-3-4-5-6-7-8-9-10-12-15-21-18-22(20-25)24(19-21)28(26,27)23-16-13-11-14-17-23/h11,13-14,16-17,21-22H,2-10,12,15,18-19H2,1H3/t21?,22-/m0/s1. The number of nitrogens with zero attached hydrogens (tertiary/aromatic N) is 1. The lowest BCUT2D eigenvalue weighted by Gasteiger charge is -2.19. The number of benzene rings is 1. The van der Waals surface area contributed by atoms with Crippen molar-refractivity contribution in [2.75, 3.05) is 6.54 Å². The summed E-state index contributed by atoms with van der Waals surface area (Å²) in [7, 11) is -3.61. The van der Waals surface area contributed by atoms with Crippen molar-refractivity contribution < 1.29 is 13.2 Å². The molecule has 1 aromatic rings. The van der Waals surface area contributed by atoms with Crippen molar-refractivity contribution in [1.29, 1.82) is 0 Å². The molecular formula is C23H36NO3S. The molecule has 1 saturated heterocycles. The van der Waals surface area contributed by atoms with E-state index in [1.807, 2.05) is 6.29 Å². The van der Waals surface area contributed by atoms with Crippen LogP contribution in [0.3, 0.4) is 0 Å². The van der Waals surface area contributed by atoms with Crippen LogP contribution in [0, 0.1) is 5.92 Å². The zero-order chi connectivity index (χ0) is 20.2. The molecule has 1 aromatic carbocycles. The Morgan fingerprint density at radius 1 is 0.929 bits per heavy atom. The third-order valence-corrected chi connectivity index (χ3v) is 7.68. The zero-order valence-corrected chi connectivity index (χ0v) is 18.1. The molecule has 0 bridgehead atoms. The lowest BCUT2D eigenvalue weighted by atomic mass is 9.97. The maximum atomic E-state index is 12.8. The Bertz CT molecular complexity index is 660. The van der Waals surface area contributed by atoms with Crippen LogP contribution in [0.5, 0.6) is 0 Å². The van der Waals surface area contributed by atoms with E-state index in [-0.39, 0.29) is 10.8 Å². The average Bonchev–Trinajstić information content (AvgIpc) is 3.14. The van der Waals surface area contributed by atoms with Crippen molar-refractivity contribution >= 4 is 16.3 Å². The summed E-state index contributed by atoms with van der Waals surface area (Å²) in [6, 6.07) is 7.76. The van der Waals surface area contributed by atoms with Gasteiger partial charge >= 0.3 is 0 Å². The molecule has 28 heavy (non-hydrogen) atoms. The van der Waals surface area contributed by atoms with Crippen molar-refractivity contribution in [3.05, 3.63) is 30.3 Å². The molecule has 1 fully saturated rings. The Morgan fingerprint density at radius 2 is 1.50 bits per heavy atom. The second-order valence-electron chi connectivity index (χ2n) is 8.09. The third-order valence-electron chi connectivity index (χ3n) is 5.79. The molecule has 0 amide bonds. The van der Waals surface area contributed by atoms with Gasteiger partial charge in [0.1, 0.15) is 0 Å². The maximum Gasteiger partial charge on any atom is 0.243 e. The predicted octanol–water partition coefficient (Wildman–Crippen LogP) is 5.49. The Balaban J connectivity index is 1.69. The van der Waals surface area contributed by atoms with Gasteiger partial charge in [0.25, 0.3) is 0 Å². The SMILES string of the molecule is CCCCCCCCCCCCC1C[C@@H]([C]=O)N(S(=O)(=O)c2ccccc2)C1. The van der Waals surface area contributed by atoms with E-state index < -0.39 is 16.1 Å². The molecule has 1 aliphatic heterocycles. The van der Waals surface area contributed by atoms with Crippen LogP contribution in [-0.4, -0.2) is 31.6 Å². The van der Waals surface area contributed by atoms with Gasteiger partial charge in [0.2, 0.25) is 16.3 Å². The van der Waals surface area contributed by atoms with Gasteiger partial charge in [0, 0.05) is 6.54 Å². The lowest BCUT2D eigenvalue weighted by Crippen LogP contribution is -2.36. The van der Waals surface area contributed by atoms with Crippen LogP contribution in [0.15, 0.2) is 35.2 Å². The molecule has 1 unspecified atom stereocenters. The van der Waals surface area contributed by atoms with Crippen molar-refractivity contribution in [3.8, 4) is 0 Å². The van der Waals surface area contributed by atoms with E-state index in [1.54, 1.807) is 30.3 Å². The molecule has 1 aliphatic rings. The molecule has 0 aromatic heterocycles. The largest absolute Gasteiger partial charge is 0.289 e. The quantitative estimate of drug-likeness (QED) is 0.384. The van der Waals surface area contributed by atoms with Gasteiger partial charge in [0.15, 0.2) is 0 Å². The molecule has 4 nitrogen and oxygen atoms in total. The van der Waals surface area contributed by atoms with Gasteiger partial charge in [-0.05, 0) is 30.9 Å². The first kappa shape index (κ1) is 23.1. The molecule has 0 spiro atoms. The predicted molar refractivity (Wildman–Crippen MR) is 114 cm³/mol. The molecular weight excluding hydrogens is 370 g/mol. The van der Waals surface area contributed by atoms with Crippen LogP contribution in [-0.2, 0) is 14.8 Å². The van der Waals surface area contributed by atoms with E-state index in [0.717, 1.165) is 12.8 Å². The Kier molecular flexibility index (Phi) is 10.2. The highest BCUT2D eigenvalue weighted by atomic mass is 32.2. The molecule has 0 aliphatic carbocycles. The summed E-state index contributed by atoms with van der Waals surface area (Å²) >= 11 is 0. The second kappa shape index (κ2) is 12.4. The first-order chi connectivity index (χ1) is 13.6. The summed E-state index contributed by atoms with van der Waals surface area (Å²) in [5.41, 5.74) is 0. The normalized spacial score (nSPS) is 20.5. The molecule has 1 heterocycles. The lowest BCUT2D eigenvalue weighted by molar-refractivity contribution is 0.413. The minimum atomic E-state index is -3.61. The number of carbonyl (C=O) groups excluding carboxylic acids is 1. The fourth-order valence-corrected chi connectivity index (χ4v) is 5.76. The average molecular weight is 407 g/mol. The van der Waals surface area contributed by atoms with Gasteiger partial charge in [-0.2, -0.15) is 4.31 Å². The van der Waals surface area contributed by atoms with E-state index in [9.17, 15) is 13.2 Å². The van der Waals surface area contributed by atoms with Crippen LogP contribution in [0.2, 0.25) is 0 Å².